The summed E-state index contributed by atoms with van der Waals surface area (Å²) in [4.78, 5) is 23.2. The predicted octanol–water partition coefficient (Wildman–Crippen LogP) is 0.625. The monoisotopic (exact) mass is 284 g/mol. The first kappa shape index (κ1) is 15.9. The van der Waals surface area contributed by atoms with Crippen molar-refractivity contribution in [3.8, 4) is 0 Å². The fraction of sp³-hybridized carbons (Fsp3) is 0.667. The highest BCUT2D eigenvalue weighted by molar-refractivity contribution is 5.92. The molecule has 0 aliphatic heterocycles. The van der Waals surface area contributed by atoms with Crippen molar-refractivity contribution in [2.75, 3.05) is 12.3 Å². The highest BCUT2D eigenvalue weighted by Gasteiger charge is 2.21. The van der Waals surface area contributed by atoms with Crippen molar-refractivity contribution in [1.82, 2.24) is 15.0 Å². The molecule has 0 atom stereocenters. The van der Waals surface area contributed by atoms with Crippen molar-refractivity contribution in [2.24, 2.45) is 5.92 Å². The number of carbonyl (C=O) groups is 2. The van der Waals surface area contributed by atoms with E-state index in [0.717, 1.165) is 4.68 Å². The van der Waals surface area contributed by atoms with Crippen LogP contribution in [0.4, 0.5) is 5.82 Å². The Balaban J connectivity index is 2.67. The lowest BCUT2D eigenvalue weighted by atomic mass is 10.2. The maximum absolute atomic E-state index is 11.7. The van der Waals surface area contributed by atoms with Crippen LogP contribution in [0.1, 0.15) is 38.2 Å². The molecular weight excluding hydrogens is 264 g/mol. The summed E-state index contributed by atoms with van der Waals surface area (Å²) in [6, 6.07) is 0. The minimum atomic E-state index is -0.667. The number of anilines is 1. The SMILES string of the molecule is CC(C)COC(=O)Cn1nnc(C(=O)OC(C)C)c1N. The number of nitrogen functional groups attached to an aromatic ring is 1. The number of esters is 2. The molecule has 2 N–H and O–H groups in total. The Kier molecular flexibility index (Phi) is 5.48. The van der Waals surface area contributed by atoms with Gasteiger partial charge in [-0.05, 0) is 19.8 Å². The molecule has 1 aromatic heterocycles. The Hall–Kier alpha value is -2.12. The van der Waals surface area contributed by atoms with E-state index in [1.165, 1.54) is 0 Å². The van der Waals surface area contributed by atoms with Gasteiger partial charge in [-0.15, -0.1) is 5.10 Å². The maximum atomic E-state index is 11.7. The Morgan fingerprint density at radius 1 is 1.30 bits per heavy atom. The van der Waals surface area contributed by atoms with Gasteiger partial charge in [0.05, 0.1) is 12.7 Å². The lowest BCUT2D eigenvalue weighted by Gasteiger charge is -2.08. The number of carbonyl (C=O) groups excluding carboxylic acids is 2. The number of nitrogens with zero attached hydrogens (tertiary/aromatic N) is 3. The van der Waals surface area contributed by atoms with Crippen LogP contribution in [0.5, 0.6) is 0 Å². The van der Waals surface area contributed by atoms with Crippen molar-refractivity contribution >= 4 is 17.8 Å². The standard InChI is InChI=1S/C12H20N4O4/c1-7(2)6-19-9(17)5-16-11(13)10(14-15-16)12(18)20-8(3)4/h7-8H,5-6,13H2,1-4H3. The maximum Gasteiger partial charge on any atom is 0.363 e. The summed E-state index contributed by atoms with van der Waals surface area (Å²) >= 11 is 0. The Morgan fingerprint density at radius 3 is 2.50 bits per heavy atom. The highest BCUT2D eigenvalue weighted by atomic mass is 16.5. The summed E-state index contributed by atoms with van der Waals surface area (Å²) in [6.45, 7) is 7.40. The van der Waals surface area contributed by atoms with Gasteiger partial charge in [0, 0.05) is 0 Å². The molecule has 8 nitrogen and oxygen atoms in total. The average molecular weight is 284 g/mol. The van der Waals surface area contributed by atoms with Crippen molar-refractivity contribution < 1.29 is 19.1 Å². The van der Waals surface area contributed by atoms with Crippen LogP contribution in [0, 0.1) is 5.92 Å². The topological polar surface area (TPSA) is 109 Å². The van der Waals surface area contributed by atoms with Gasteiger partial charge in [0.15, 0.2) is 5.82 Å². The molecular formula is C12H20N4O4. The van der Waals surface area contributed by atoms with Gasteiger partial charge in [0.2, 0.25) is 5.69 Å². The minimum Gasteiger partial charge on any atom is -0.464 e. The second-order valence-electron chi connectivity index (χ2n) is 5.01. The van der Waals surface area contributed by atoms with E-state index in [-0.39, 0.29) is 30.1 Å². The molecule has 0 saturated carbocycles. The van der Waals surface area contributed by atoms with Crippen LogP contribution < -0.4 is 5.73 Å². The second-order valence-corrected chi connectivity index (χ2v) is 5.01. The molecule has 0 spiro atoms. The third-order valence-corrected chi connectivity index (χ3v) is 2.17. The molecule has 0 fully saturated rings. The van der Waals surface area contributed by atoms with Crippen LogP contribution in [0.15, 0.2) is 0 Å². The molecule has 1 heterocycles. The molecule has 0 aliphatic rings. The van der Waals surface area contributed by atoms with E-state index in [4.69, 9.17) is 15.2 Å². The smallest absolute Gasteiger partial charge is 0.363 e. The molecule has 0 aliphatic carbocycles. The third-order valence-electron chi connectivity index (χ3n) is 2.17. The first-order valence-electron chi connectivity index (χ1n) is 6.36. The summed E-state index contributed by atoms with van der Waals surface area (Å²) in [6.07, 6.45) is -0.289. The fourth-order valence-electron chi connectivity index (χ4n) is 1.28. The molecule has 0 radical (unpaired) electrons. The van der Waals surface area contributed by atoms with E-state index in [1.54, 1.807) is 13.8 Å². The van der Waals surface area contributed by atoms with Crippen molar-refractivity contribution in [1.29, 1.82) is 0 Å². The second kappa shape index (κ2) is 6.88. The lowest BCUT2D eigenvalue weighted by molar-refractivity contribution is -0.145. The van der Waals surface area contributed by atoms with E-state index in [9.17, 15) is 9.59 Å². The van der Waals surface area contributed by atoms with Gasteiger partial charge in [0.25, 0.3) is 0 Å². The van der Waals surface area contributed by atoms with Crippen molar-refractivity contribution in [2.45, 2.75) is 40.3 Å². The number of ether oxygens (including phenoxy) is 2. The lowest BCUT2D eigenvalue weighted by Crippen LogP contribution is -2.19. The largest absolute Gasteiger partial charge is 0.464 e. The molecule has 20 heavy (non-hydrogen) atoms. The van der Waals surface area contributed by atoms with Crippen molar-refractivity contribution in [3.05, 3.63) is 5.69 Å². The Bertz CT molecular complexity index is 482. The average Bonchev–Trinajstić information content (AvgIpc) is 2.68. The van der Waals surface area contributed by atoms with Crippen LogP contribution in [0.25, 0.3) is 0 Å². The summed E-state index contributed by atoms with van der Waals surface area (Å²) in [5.41, 5.74) is 5.61. The van der Waals surface area contributed by atoms with Gasteiger partial charge in [-0.25, -0.2) is 9.48 Å². The predicted molar refractivity (Wildman–Crippen MR) is 70.8 cm³/mol. The molecule has 1 aromatic rings. The van der Waals surface area contributed by atoms with Gasteiger partial charge < -0.3 is 15.2 Å². The third kappa shape index (κ3) is 4.52. The van der Waals surface area contributed by atoms with Crippen LogP contribution in [0.2, 0.25) is 0 Å². The van der Waals surface area contributed by atoms with E-state index in [2.05, 4.69) is 10.3 Å². The minimum absolute atomic E-state index is 0.0165. The number of hydrogen-bond donors (Lipinski definition) is 1. The Morgan fingerprint density at radius 2 is 1.95 bits per heavy atom. The summed E-state index contributed by atoms with van der Waals surface area (Å²) in [5.74, 6) is -0.931. The van der Waals surface area contributed by atoms with Crippen LogP contribution in [-0.2, 0) is 20.8 Å². The van der Waals surface area contributed by atoms with Gasteiger partial charge >= 0.3 is 11.9 Å². The molecule has 0 amide bonds. The van der Waals surface area contributed by atoms with Crippen LogP contribution in [-0.4, -0.2) is 39.6 Å². The molecule has 0 unspecified atom stereocenters. The van der Waals surface area contributed by atoms with Gasteiger partial charge in [-0.1, -0.05) is 19.1 Å². The number of rotatable bonds is 6. The Labute approximate surface area is 117 Å². The summed E-state index contributed by atoms with van der Waals surface area (Å²) in [7, 11) is 0. The zero-order valence-electron chi connectivity index (χ0n) is 12.1. The zero-order valence-corrected chi connectivity index (χ0v) is 12.1. The first-order valence-corrected chi connectivity index (χ1v) is 6.36. The molecule has 8 heteroatoms. The van der Waals surface area contributed by atoms with Gasteiger partial charge in [0.1, 0.15) is 6.54 Å². The molecule has 0 bridgehead atoms. The highest BCUT2D eigenvalue weighted by Crippen LogP contribution is 2.10. The zero-order chi connectivity index (χ0) is 15.3. The summed E-state index contributed by atoms with van der Waals surface area (Å²) < 4.78 is 11.1. The normalized spacial score (nSPS) is 10.9. The number of hydrogen-bond acceptors (Lipinski definition) is 7. The van der Waals surface area contributed by atoms with Gasteiger partial charge in [-0.2, -0.15) is 0 Å². The number of aromatic nitrogens is 3. The molecule has 1 rings (SSSR count). The number of nitrogens with two attached hydrogens (primary N) is 1. The molecule has 0 aromatic carbocycles. The van der Waals surface area contributed by atoms with Gasteiger partial charge in [-0.3, -0.25) is 4.79 Å². The van der Waals surface area contributed by atoms with E-state index in [0.29, 0.717) is 6.61 Å². The summed E-state index contributed by atoms with van der Waals surface area (Å²) in [5, 5.41) is 7.27. The first-order chi connectivity index (χ1) is 9.31. The molecule has 0 saturated heterocycles. The van der Waals surface area contributed by atoms with E-state index < -0.39 is 11.9 Å². The fourth-order valence-corrected chi connectivity index (χ4v) is 1.28. The molecule has 112 valence electrons. The van der Waals surface area contributed by atoms with Crippen LogP contribution >= 0.6 is 0 Å². The van der Waals surface area contributed by atoms with E-state index >= 15 is 0 Å². The quantitative estimate of drug-likeness (QED) is 0.763. The van der Waals surface area contributed by atoms with Crippen molar-refractivity contribution in [3.63, 3.8) is 0 Å². The van der Waals surface area contributed by atoms with E-state index in [1.807, 2.05) is 13.8 Å². The van der Waals surface area contributed by atoms with Crippen LogP contribution in [0.3, 0.4) is 0 Å².